The van der Waals surface area contributed by atoms with Crippen molar-refractivity contribution < 1.29 is 9.53 Å². The molecular formula is C27H27BrN4O3. The summed E-state index contributed by atoms with van der Waals surface area (Å²) in [6, 6.07) is 21.3. The second kappa shape index (κ2) is 10.7. The summed E-state index contributed by atoms with van der Waals surface area (Å²) < 4.78 is 8.02. The number of methoxy groups -OCH3 is 1. The molecule has 0 saturated carbocycles. The first-order valence-electron chi connectivity index (χ1n) is 11.5. The Labute approximate surface area is 212 Å². The molecule has 35 heavy (non-hydrogen) atoms. The first-order valence-corrected chi connectivity index (χ1v) is 12.3. The van der Waals surface area contributed by atoms with Gasteiger partial charge in [-0.2, -0.15) is 0 Å². The van der Waals surface area contributed by atoms with Gasteiger partial charge < -0.3 is 15.0 Å². The lowest BCUT2D eigenvalue weighted by Gasteiger charge is -2.31. The Hall–Kier alpha value is -3.65. The predicted molar refractivity (Wildman–Crippen MR) is 142 cm³/mol. The maximum atomic E-state index is 13.8. The van der Waals surface area contributed by atoms with Crippen LogP contribution >= 0.6 is 15.9 Å². The number of nitrogens with one attached hydrogen (secondary N) is 1. The minimum Gasteiger partial charge on any atom is -0.495 e. The molecular weight excluding hydrogens is 508 g/mol. The predicted octanol–water partition coefficient (Wildman–Crippen LogP) is 6.16. The standard InChI is InChI=1S/C27H27BrN4O3/c1-4-22(31(5-2)27(34)29-19-12-10-11-18(28)17-19)25-30-21-14-7-6-13-20(21)26(33)32(25)23-15-8-9-16-24(23)35-3/h6-17,22H,4-5H2,1-3H3,(H,29,34). The lowest BCUT2D eigenvalue weighted by molar-refractivity contribution is 0.185. The number of rotatable bonds is 7. The van der Waals surface area contributed by atoms with Gasteiger partial charge in [-0.3, -0.25) is 9.36 Å². The molecule has 1 aromatic heterocycles. The van der Waals surface area contributed by atoms with Gasteiger partial charge in [0.05, 0.1) is 29.7 Å². The van der Waals surface area contributed by atoms with Crippen LogP contribution in [-0.2, 0) is 0 Å². The minimum absolute atomic E-state index is 0.211. The van der Waals surface area contributed by atoms with Crippen LogP contribution in [0, 0.1) is 0 Å². The zero-order valence-corrected chi connectivity index (χ0v) is 21.5. The molecule has 180 valence electrons. The number of benzene rings is 3. The Kier molecular flexibility index (Phi) is 7.51. The number of para-hydroxylation sites is 3. The smallest absolute Gasteiger partial charge is 0.322 e. The minimum atomic E-state index is -0.464. The van der Waals surface area contributed by atoms with Crippen LogP contribution in [-0.4, -0.2) is 34.1 Å². The number of urea groups is 1. The number of anilines is 1. The number of hydrogen-bond acceptors (Lipinski definition) is 4. The summed E-state index contributed by atoms with van der Waals surface area (Å²) in [6.45, 7) is 4.32. The summed E-state index contributed by atoms with van der Waals surface area (Å²) in [5, 5.41) is 3.47. The van der Waals surface area contributed by atoms with Crippen molar-refractivity contribution in [3.05, 3.63) is 93.4 Å². The zero-order chi connectivity index (χ0) is 24.9. The van der Waals surface area contributed by atoms with E-state index < -0.39 is 6.04 Å². The number of fused-ring (bicyclic) bond motifs is 1. The molecule has 0 saturated heterocycles. The van der Waals surface area contributed by atoms with Crippen molar-refractivity contribution in [1.29, 1.82) is 0 Å². The average Bonchev–Trinajstić information content (AvgIpc) is 2.87. The molecule has 0 aliphatic carbocycles. The number of nitrogens with zero attached hydrogens (tertiary/aromatic N) is 3. The van der Waals surface area contributed by atoms with E-state index >= 15 is 0 Å². The van der Waals surface area contributed by atoms with Crippen LogP contribution in [0.5, 0.6) is 5.75 Å². The van der Waals surface area contributed by atoms with Crippen LogP contribution in [0.15, 0.2) is 82.1 Å². The molecule has 0 spiro atoms. The third-order valence-electron chi connectivity index (χ3n) is 5.87. The van der Waals surface area contributed by atoms with E-state index in [1.807, 2.05) is 74.5 Å². The highest BCUT2D eigenvalue weighted by molar-refractivity contribution is 9.10. The summed E-state index contributed by atoms with van der Waals surface area (Å²) in [4.78, 5) is 33.8. The van der Waals surface area contributed by atoms with Crippen molar-refractivity contribution in [3.63, 3.8) is 0 Å². The lowest BCUT2D eigenvalue weighted by Crippen LogP contribution is -2.40. The highest BCUT2D eigenvalue weighted by Gasteiger charge is 2.29. The second-order valence-corrected chi connectivity index (χ2v) is 8.87. The van der Waals surface area contributed by atoms with Gasteiger partial charge in [-0.05, 0) is 55.8 Å². The summed E-state index contributed by atoms with van der Waals surface area (Å²) in [5.74, 6) is 1.02. The fraction of sp³-hybridized carbons (Fsp3) is 0.222. The van der Waals surface area contributed by atoms with Gasteiger partial charge in [0, 0.05) is 16.7 Å². The van der Waals surface area contributed by atoms with Crippen molar-refractivity contribution in [2.24, 2.45) is 0 Å². The molecule has 1 atom stereocenters. The van der Waals surface area contributed by atoms with Gasteiger partial charge in [0.25, 0.3) is 5.56 Å². The van der Waals surface area contributed by atoms with Crippen LogP contribution in [0.1, 0.15) is 32.1 Å². The number of hydrogen-bond donors (Lipinski definition) is 1. The Bertz CT molecular complexity index is 1420. The Balaban J connectivity index is 1.88. The molecule has 4 rings (SSSR count). The first-order chi connectivity index (χ1) is 17.0. The third kappa shape index (κ3) is 4.93. The van der Waals surface area contributed by atoms with E-state index in [0.717, 1.165) is 4.47 Å². The molecule has 1 unspecified atom stereocenters. The van der Waals surface area contributed by atoms with Gasteiger partial charge in [0.2, 0.25) is 0 Å². The number of carbonyl (C=O) groups is 1. The van der Waals surface area contributed by atoms with Crippen LogP contribution in [0.4, 0.5) is 10.5 Å². The monoisotopic (exact) mass is 534 g/mol. The number of aromatic nitrogens is 2. The van der Waals surface area contributed by atoms with E-state index in [1.165, 1.54) is 0 Å². The highest BCUT2D eigenvalue weighted by atomic mass is 79.9. The normalized spacial score (nSPS) is 11.8. The number of amides is 2. The van der Waals surface area contributed by atoms with E-state index in [1.54, 1.807) is 28.7 Å². The van der Waals surface area contributed by atoms with Gasteiger partial charge in [0.15, 0.2) is 0 Å². The van der Waals surface area contributed by atoms with Gasteiger partial charge in [-0.25, -0.2) is 9.78 Å². The molecule has 0 radical (unpaired) electrons. The van der Waals surface area contributed by atoms with Gasteiger partial charge in [0.1, 0.15) is 11.6 Å². The van der Waals surface area contributed by atoms with E-state index in [2.05, 4.69) is 21.2 Å². The van der Waals surface area contributed by atoms with E-state index in [-0.39, 0.29) is 11.6 Å². The fourth-order valence-corrected chi connectivity index (χ4v) is 4.63. The quantitative estimate of drug-likeness (QED) is 0.308. The van der Waals surface area contributed by atoms with E-state index in [0.29, 0.717) is 46.8 Å². The van der Waals surface area contributed by atoms with E-state index in [9.17, 15) is 9.59 Å². The topological polar surface area (TPSA) is 76.5 Å². The number of ether oxygens (including phenoxy) is 1. The molecule has 2 amide bonds. The van der Waals surface area contributed by atoms with Gasteiger partial charge >= 0.3 is 6.03 Å². The molecule has 1 N–H and O–H groups in total. The van der Waals surface area contributed by atoms with Crippen molar-refractivity contribution in [1.82, 2.24) is 14.5 Å². The average molecular weight is 535 g/mol. The van der Waals surface area contributed by atoms with E-state index in [4.69, 9.17) is 9.72 Å². The lowest BCUT2D eigenvalue weighted by atomic mass is 10.1. The summed E-state index contributed by atoms with van der Waals surface area (Å²) in [6.07, 6.45) is 0.555. The molecule has 0 aliphatic heterocycles. The summed E-state index contributed by atoms with van der Waals surface area (Å²) in [7, 11) is 1.57. The molecule has 4 aromatic rings. The highest BCUT2D eigenvalue weighted by Crippen LogP contribution is 2.30. The Morgan fingerprint density at radius 2 is 1.83 bits per heavy atom. The van der Waals surface area contributed by atoms with Crippen molar-refractivity contribution in [2.45, 2.75) is 26.3 Å². The summed E-state index contributed by atoms with van der Waals surface area (Å²) >= 11 is 3.44. The molecule has 3 aromatic carbocycles. The molecule has 1 heterocycles. The SMILES string of the molecule is CCC(c1nc2ccccc2c(=O)n1-c1ccccc1OC)N(CC)C(=O)Nc1cccc(Br)c1. The van der Waals surface area contributed by atoms with Crippen LogP contribution < -0.4 is 15.6 Å². The van der Waals surface area contributed by atoms with Crippen molar-refractivity contribution >= 4 is 38.6 Å². The van der Waals surface area contributed by atoms with Crippen LogP contribution in [0.25, 0.3) is 16.6 Å². The fourth-order valence-electron chi connectivity index (χ4n) is 4.23. The van der Waals surface area contributed by atoms with Crippen molar-refractivity contribution in [3.8, 4) is 11.4 Å². The summed E-state index contributed by atoms with van der Waals surface area (Å²) in [5.41, 5.74) is 1.62. The maximum absolute atomic E-state index is 13.8. The molecule has 0 fully saturated rings. The molecule has 0 bridgehead atoms. The van der Waals surface area contributed by atoms with Crippen LogP contribution in [0.3, 0.4) is 0 Å². The maximum Gasteiger partial charge on any atom is 0.322 e. The van der Waals surface area contributed by atoms with Crippen LogP contribution in [0.2, 0.25) is 0 Å². The van der Waals surface area contributed by atoms with Crippen molar-refractivity contribution in [2.75, 3.05) is 19.0 Å². The first kappa shape index (κ1) is 24.5. The third-order valence-corrected chi connectivity index (χ3v) is 6.36. The number of carbonyl (C=O) groups excluding carboxylic acids is 1. The largest absolute Gasteiger partial charge is 0.495 e. The van der Waals surface area contributed by atoms with Gasteiger partial charge in [-0.15, -0.1) is 0 Å². The molecule has 8 heteroatoms. The second-order valence-electron chi connectivity index (χ2n) is 7.95. The zero-order valence-electron chi connectivity index (χ0n) is 19.9. The molecule has 0 aliphatic rings. The van der Waals surface area contributed by atoms with Gasteiger partial charge in [-0.1, -0.05) is 53.2 Å². The Morgan fingerprint density at radius 1 is 1.09 bits per heavy atom. The Morgan fingerprint density at radius 3 is 2.54 bits per heavy atom. The number of halogens is 1. The molecule has 7 nitrogen and oxygen atoms in total.